The Kier molecular flexibility index (Phi) is 4.29. The van der Waals surface area contributed by atoms with Gasteiger partial charge >= 0.3 is 0 Å². The molecule has 0 fully saturated rings. The maximum Gasteiger partial charge on any atom is 0.130 e. The molecule has 0 aromatic carbocycles. The summed E-state index contributed by atoms with van der Waals surface area (Å²) in [5.74, 6) is 0.575. The van der Waals surface area contributed by atoms with Gasteiger partial charge in [-0.25, -0.2) is 0 Å². The first kappa shape index (κ1) is 8.95. The quantitative estimate of drug-likeness (QED) is 0.432. The van der Waals surface area contributed by atoms with Crippen molar-refractivity contribution in [1.82, 2.24) is 0 Å². The molecule has 0 aromatic rings. The molecule has 0 bridgehead atoms. The van der Waals surface area contributed by atoms with E-state index in [1.165, 1.54) is 0 Å². The summed E-state index contributed by atoms with van der Waals surface area (Å²) in [6.45, 7) is 11.5. The topological polar surface area (TPSA) is 21.6 Å². The molecule has 0 aliphatic heterocycles. The fraction of sp³-hybridized carbons (Fsp3) is 0.375. The first-order chi connectivity index (χ1) is 4.66. The Labute approximate surface area is 61.9 Å². The van der Waals surface area contributed by atoms with Crippen LogP contribution >= 0.6 is 0 Å². The third kappa shape index (κ3) is 5.09. The van der Waals surface area contributed by atoms with Crippen molar-refractivity contribution in [3.05, 3.63) is 24.6 Å². The summed E-state index contributed by atoms with van der Waals surface area (Å²) in [4.78, 5) is 3.90. The lowest BCUT2D eigenvalue weighted by Gasteiger charge is -1.98. The molecule has 2 heteroatoms. The van der Waals surface area contributed by atoms with E-state index in [1.807, 2.05) is 13.8 Å². The standard InChI is InChI=1S/C8H13NO/c1-5-10-8(4)6-9-7(2)3/h6H,2,4-5H2,1,3H3. The average molecular weight is 139 g/mol. The van der Waals surface area contributed by atoms with Crippen LogP contribution in [0.3, 0.4) is 0 Å². The van der Waals surface area contributed by atoms with Gasteiger partial charge in [0.05, 0.1) is 12.8 Å². The minimum Gasteiger partial charge on any atom is -0.493 e. The van der Waals surface area contributed by atoms with Crippen molar-refractivity contribution in [3.8, 4) is 0 Å². The van der Waals surface area contributed by atoms with Crippen molar-refractivity contribution in [2.45, 2.75) is 13.8 Å². The summed E-state index contributed by atoms with van der Waals surface area (Å²) >= 11 is 0. The molecule has 0 N–H and O–H groups in total. The van der Waals surface area contributed by atoms with Crippen molar-refractivity contribution >= 4 is 6.21 Å². The van der Waals surface area contributed by atoms with E-state index in [1.54, 1.807) is 6.21 Å². The number of hydrogen-bond acceptors (Lipinski definition) is 2. The number of allylic oxidation sites excluding steroid dienone is 2. The lowest BCUT2D eigenvalue weighted by atomic mass is 10.5. The monoisotopic (exact) mass is 139 g/mol. The van der Waals surface area contributed by atoms with Gasteiger partial charge in [-0.3, -0.25) is 4.99 Å². The molecule has 0 rings (SSSR count). The molecule has 2 nitrogen and oxygen atoms in total. The Balaban J connectivity index is 3.67. The average Bonchev–Trinajstić information content (AvgIpc) is 1.85. The third-order valence-corrected chi connectivity index (χ3v) is 0.759. The van der Waals surface area contributed by atoms with Gasteiger partial charge in [-0.1, -0.05) is 13.2 Å². The Morgan fingerprint density at radius 1 is 1.60 bits per heavy atom. The van der Waals surface area contributed by atoms with Gasteiger partial charge in [0.2, 0.25) is 0 Å². The molecule has 56 valence electrons. The number of nitrogens with zero attached hydrogens (tertiary/aromatic N) is 1. The fourth-order valence-corrected chi connectivity index (χ4v) is 0.405. The zero-order valence-electron chi connectivity index (χ0n) is 6.55. The summed E-state index contributed by atoms with van der Waals surface area (Å²) in [5, 5.41) is 0. The molecule has 0 atom stereocenters. The van der Waals surface area contributed by atoms with Crippen LogP contribution < -0.4 is 0 Å². The highest BCUT2D eigenvalue weighted by molar-refractivity contribution is 5.75. The van der Waals surface area contributed by atoms with Gasteiger partial charge in [0.1, 0.15) is 5.76 Å². The van der Waals surface area contributed by atoms with Crippen molar-refractivity contribution in [2.24, 2.45) is 4.99 Å². The molecule has 0 spiro atoms. The SMILES string of the molecule is C=C(C)N=CC(=C)OCC. The number of aliphatic imine (C=N–C) groups is 1. The molecule has 0 radical (unpaired) electrons. The minimum atomic E-state index is 0.575. The van der Waals surface area contributed by atoms with E-state index < -0.39 is 0 Å². The van der Waals surface area contributed by atoms with Crippen LogP contribution in [-0.2, 0) is 4.74 Å². The van der Waals surface area contributed by atoms with Gasteiger partial charge in [-0.05, 0) is 13.8 Å². The molecule has 10 heavy (non-hydrogen) atoms. The van der Waals surface area contributed by atoms with Crippen molar-refractivity contribution in [1.29, 1.82) is 0 Å². The van der Waals surface area contributed by atoms with Crippen LogP contribution in [-0.4, -0.2) is 12.8 Å². The van der Waals surface area contributed by atoms with Gasteiger partial charge in [-0.2, -0.15) is 0 Å². The highest BCUT2D eigenvalue weighted by Crippen LogP contribution is 1.92. The van der Waals surface area contributed by atoms with Gasteiger partial charge in [0.25, 0.3) is 0 Å². The molecular weight excluding hydrogens is 126 g/mol. The summed E-state index contributed by atoms with van der Waals surface area (Å²) in [6.07, 6.45) is 1.56. The number of hydrogen-bond donors (Lipinski definition) is 0. The van der Waals surface area contributed by atoms with E-state index in [0.29, 0.717) is 12.4 Å². The van der Waals surface area contributed by atoms with Crippen LogP contribution in [0.25, 0.3) is 0 Å². The maximum atomic E-state index is 5.01. The van der Waals surface area contributed by atoms with Gasteiger partial charge in [0.15, 0.2) is 0 Å². The fourth-order valence-electron chi connectivity index (χ4n) is 0.405. The van der Waals surface area contributed by atoms with E-state index in [2.05, 4.69) is 18.2 Å². The first-order valence-electron chi connectivity index (χ1n) is 3.18. The second kappa shape index (κ2) is 4.79. The van der Waals surface area contributed by atoms with Crippen molar-refractivity contribution < 1.29 is 4.74 Å². The molecule has 0 unspecified atom stereocenters. The van der Waals surface area contributed by atoms with Crippen LogP contribution in [0.4, 0.5) is 0 Å². The Hall–Kier alpha value is -1.05. The molecule has 0 aliphatic rings. The largest absolute Gasteiger partial charge is 0.493 e. The van der Waals surface area contributed by atoms with Gasteiger partial charge in [-0.15, -0.1) is 0 Å². The molecule has 0 saturated heterocycles. The lowest BCUT2D eigenvalue weighted by Crippen LogP contribution is -1.90. The third-order valence-electron chi connectivity index (χ3n) is 0.759. The maximum absolute atomic E-state index is 5.01. The van der Waals surface area contributed by atoms with Crippen LogP contribution in [0.15, 0.2) is 29.6 Å². The van der Waals surface area contributed by atoms with Crippen molar-refractivity contribution in [3.63, 3.8) is 0 Å². The summed E-state index contributed by atoms with van der Waals surface area (Å²) in [5.41, 5.74) is 0.751. The summed E-state index contributed by atoms with van der Waals surface area (Å²) in [7, 11) is 0. The lowest BCUT2D eigenvalue weighted by molar-refractivity contribution is 0.253. The molecule has 0 amide bonds. The van der Waals surface area contributed by atoms with Crippen LogP contribution in [0.1, 0.15) is 13.8 Å². The van der Waals surface area contributed by atoms with Crippen LogP contribution in [0, 0.1) is 0 Å². The highest BCUT2D eigenvalue weighted by atomic mass is 16.5. The predicted octanol–water partition coefficient (Wildman–Crippen LogP) is 2.14. The molecule has 0 saturated carbocycles. The number of rotatable bonds is 4. The first-order valence-corrected chi connectivity index (χ1v) is 3.18. The molecule has 0 aromatic heterocycles. The Bertz CT molecular complexity index is 159. The second-order valence-electron chi connectivity index (χ2n) is 1.89. The zero-order valence-corrected chi connectivity index (χ0v) is 6.55. The van der Waals surface area contributed by atoms with E-state index in [0.717, 1.165) is 5.70 Å². The summed E-state index contributed by atoms with van der Waals surface area (Å²) < 4.78 is 5.01. The van der Waals surface area contributed by atoms with E-state index in [-0.39, 0.29) is 0 Å². The predicted molar refractivity (Wildman–Crippen MR) is 44.1 cm³/mol. The highest BCUT2D eigenvalue weighted by Gasteiger charge is 1.84. The van der Waals surface area contributed by atoms with Gasteiger partial charge < -0.3 is 4.74 Å². The van der Waals surface area contributed by atoms with Crippen LogP contribution in [0.2, 0.25) is 0 Å². The Morgan fingerprint density at radius 3 is 2.60 bits per heavy atom. The zero-order chi connectivity index (χ0) is 7.98. The van der Waals surface area contributed by atoms with E-state index in [4.69, 9.17) is 4.74 Å². The van der Waals surface area contributed by atoms with E-state index >= 15 is 0 Å². The second-order valence-corrected chi connectivity index (χ2v) is 1.89. The molecular formula is C8H13NO. The molecule has 0 heterocycles. The summed E-state index contributed by atoms with van der Waals surface area (Å²) in [6, 6.07) is 0. The smallest absolute Gasteiger partial charge is 0.130 e. The van der Waals surface area contributed by atoms with Crippen LogP contribution in [0.5, 0.6) is 0 Å². The number of ether oxygens (including phenoxy) is 1. The normalized spacial score (nSPS) is 9.80. The van der Waals surface area contributed by atoms with Crippen molar-refractivity contribution in [2.75, 3.05) is 6.61 Å². The Morgan fingerprint density at radius 2 is 2.20 bits per heavy atom. The minimum absolute atomic E-state index is 0.575. The molecule has 0 aliphatic carbocycles. The van der Waals surface area contributed by atoms with E-state index in [9.17, 15) is 0 Å². The van der Waals surface area contributed by atoms with Gasteiger partial charge in [0, 0.05) is 5.70 Å².